The van der Waals surface area contributed by atoms with E-state index in [-0.39, 0.29) is 12.6 Å². The number of hydrogen-bond acceptors (Lipinski definition) is 7. The molecule has 0 saturated carbocycles. The van der Waals surface area contributed by atoms with Crippen LogP contribution >= 0.6 is 35.0 Å². The van der Waals surface area contributed by atoms with Crippen LogP contribution in [0.25, 0.3) is 0 Å². The lowest BCUT2D eigenvalue weighted by Crippen LogP contribution is -2.29. The van der Waals surface area contributed by atoms with Gasteiger partial charge in [0.25, 0.3) is 0 Å². The number of thioether (sulfide) groups is 1. The number of allylic oxidation sites excluding steroid dienone is 1. The van der Waals surface area contributed by atoms with Crippen LogP contribution in [0.4, 0.5) is 5.95 Å². The predicted molar refractivity (Wildman–Crippen MR) is 159 cm³/mol. The lowest BCUT2D eigenvalue weighted by atomic mass is 9.96. The molecule has 5 rings (SSSR count). The SMILES string of the molecule is CCCOC(=O)C1=C(C)Nc2nc(SCc3ccccc3)nn2C1c1ccc(OCc2c(Cl)cccc2Cl)cc1. The van der Waals surface area contributed by atoms with Crippen LogP contribution in [0.5, 0.6) is 5.75 Å². The largest absolute Gasteiger partial charge is 0.489 e. The van der Waals surface area contributed by atoms with Gasteiger partial charge in [0.05, 0.1) is 12.2 Å². The number of halogens is 2. The van der Waals surface area contributed by atoms with Crippen LogP contribution in [0.2, 0.25) is 10.0 Å². The van der Waals surface area contributed by atoms with Crippen molar-refractivity contribution in [3.63, 3.8) is 0 Å². The summed E-state index contributed by atoms with van der Waals surface area (Å²) in [5.74, 6) is 1.56. The van der Waals surface area contributed by atoms with E-state index in [2.05, 4.69) is 17.4 Å². The van der Waals surface area contributed by atoms with Gasteiger partial charge < -0.3 is 14.8 Å². The Balaban J connectivity index is 1.42. The molecule has 0 saturated heterocycles. The van der Waals surface area contributed by atoms with Crippen molar-refractivity contribution in [3.8, 4) is 5.75 Å². The Kier molecular flexibility index (Phi) is 8.99. The number of carbonyl (C=O) groups is 1. The van der Waals surface area contributed by atoms with Crippen molar-refractivity contribution in [2.75, 3.05) is 11.9 Å². The Morgan fingerprint density at radius 3 is 2.45 bits per heavy atom. The molecule has 1 aromatic heterocycles. The van der Waals surface area contributed by atoms with E-state index in [9.17, 15) is 4.79 Å². The van der Waals surface area contributed by atoms with E-state index in [0.29, 0.717) is 44.8 Å². The van der Waals surface area contributed by atoms with Crippen LogP contribution in [0.1, 0.15) is 43.0 Å². The van der Waals surface area contributed by atoms with Crippen LogP contribution in [-0.4, -0.2) is 27.3 Å². The van der Waals surface area contributed by atoms with E-state index < -0.39 is 6.04 Å². The Labute approximate surface area is 247 Å². The third-order valence-corrected chi connectivity index (χ3v) is 7.96. The Morgan fingerprint density at radius 1 is 1.02 bits per heavy atom. The van der Waals surface area contributed by atoms with Crippen LogP contribution in [-0.2, 0) is 21.9 Å². The number of anilines is 1. The first-order valence-corrected chi connectivity index (χ1v) is 14.6. The van der Waals surface area contributed by atoms with Gasteiger partial charge in [-0.2, -0.15) is 4.98 Å². The van der Waals surface area contributed by atoms with Gasteiger partial charge in [0.15, 0.2) is 0 Å². The molecule has 0 amide bonds. The molecule has 1 aliphatic rings. The maximum absolute atomic E-state index is 13.2. The summed E-state index contributed by atoms with van der Waals surface area (Å²) in [6, 6.07) is 22.5. The van der Waals surface area contributed by atoms with Crippen molar-refractivity contribution in [1.82, 2.24) is 14.8 Å². The fraction of sp³-hybridized carbons (Fsp3) is 0.233. The van der Waals surface area contributed by atoms with Crippen molar-refractivity contribution >= 4 is 46.9 Å². The standard InChI is InChI=1S/C30H28Cl2N4O3S/c1-3-16-38-28(37)26-19(2)33-29-34-30(40-18-20-8-5-4-6-9-20)35-36(29)27(26)21-12-14-22(15-13-21)39-17-23-24(31)10-7-11-25(23)32/h4-15,27H,3,16-18H2,1-2H3,(H,33,34,35). The Hall–Kier alpha value is -3.46. The lowest BCUT2D eigenvalue weighted by Gasteiger charge is -2.28. The number of hydrogen-bond donors (Lipinski definition) is 1. The lowest BCUT2D eigenvalue weighted by molar-refractivity contribution is -0.139. The molecule has 0 radical (unpaired) electrons. The number of carbonyl (C=O) groups excluding carboxylic acids is 1. The summed E-state index contributed by atoms with van der Waals surface area (Å²) in [6.07, 6.45) is 0.729. The summed E-state index contributed by atoms with van der Waals surface area (Å²) in [7, 11) is 0. The first kappa shape index (κ1) is 28.1. The first-order chi connectivity index (χ1) is 19.4. The monoisotopic (exact) mass is 594 g/mol. The molecule has 1 N–H and O–H groups in total. The molecule has 40 heavy (non-hydrogen) atoms. The highest BCUT2D eigenvalue weighted by Gasteiger charge is 2.35. The molecular weight excluding hydrogens is 567 g/mol. The number of esters is 1. The van der Waals surface area contributed by atoms with Crippen molar-refractivity contribution in [1.29, 1.82) is 0 Å². The van der Waals surface area contributed by atoms with Gasteiger partial charge in [-0.3, -0.25) is 0 Å². The summed E-state index contributed by atoms with van der Waals surface area (Å²) in [5.41, 5.74) is 3.91. The first-order valence-electron chi connectivity index (χ1n) is 12.9. The molecule has 0 spiro atoms. The van der Waals surface area contributed by atoms with Crippen molar-refractivity contribution in [2.45, 2.75) is 43.8 Å². The zero-order valence-electron chi connectivity index (χ0n) is 22.1. The zero-order valence-corrected chi connectivity index (χ0v) is 24.4. The minimum atomic E-state index is -0.522. The third-order valence-electron chi connectivity index (χ3n) is 6.34. The normalized spacial score (nSPS) is 14.4. The summed E-state index contributed by atoms with van der Waals surface area (Å²) >= 11 is 14.1. The predicted octanol–water partition coefficient (Wildman–Crippen LogP) is 7.70. The summed E-state index contributed by atoms with van der Waals surface area (Å²) in [4.78, 5) is 17.9. The Bertz CT molecular complexity index is 1500. The number of ether oxygens (including phenoxy) is 2. The Morgan fingerprint density at radius 2 is 1.75 bits per heavy atom. The molecule has 0 fully saturated rings. The van der Waals surface area contributed by atoms with E-state index in [1.54, 1.807) is 22.9 Å². The fourth-order valence-corrected chi connectivity index (χ4v) is 5.62. The van der Waals surface area contributed by atoms with E-state index in [0.717, 1.165) is 23.3 Å². The van der Waals surface area contributed by atoms with Gasteiger partial charge in [0.1, 0.15) is 18.4 Å². The van der Waals surface area contributed by atoms with Crippen LogP contribution in [0, 0.1) is 0 Å². The number of nitrogens with zero attached hydrogens (tertiary/aromatic N) is 3. The second kappa shape index (κ2) is 12.8. The molecule has 0 aliphatic carbocycles. The second-order valence-electron chi connectivity index (χ2n) is 9.20. The molecule has 4 aromatic rings. The molecule has 1 aliphatic heterocycles. The molecule has 1 unspecified atom stereocenters. The quantitative estimate of drug-likeness (QED) is 0.149. The highest BCUT2D eigenvalue weighted by molar-refractivity contribution is 7.98. The van der Waals surface area contributed by atoms with Gasteiger partial charge in [-0.05, 0) is 48.7 Å². The van der Waals surface area contributed by atoms with Gasteiger partial charge in [-0.15, -0.1) is 5.10 Å². The van der Waals surface area contributed by atoms with Crippen molar-refractivity contribution in [2.24, 2.45) is 0 Å². The summed E-state index contributed by atoms with van der Waals surface area (Å²) < 4.78 is 13.3. The van der Waals surface area contributed by atoms with Gasteiger partial charge in [-0.1, -0.05) is 90.4 Å². The minimum absolute atomic E-state index is 0.230. The number of rotatable bonds is 10. The molecule has 10 heteroatoms. The summed E-state index contributed by atoms with van der Waals surface area (Å²) in [6.45, 7) is 4.39. The van der Waals surface area contributed by atoms with E-state index in [4.69, 9.17) is 42.8 Å². The molecular formula is C30H28Cl2N4O3S. The highest BCUT2D eigenvalue weighted by atomic mass is 35.5. The minimum Gasteiger partial charge on any atom is -0.489 e. The molecule has 3 aromatic carbocycles. The van der Waals surface area contributed by atoms with Gasteiger partial charge in [0, 0.05) is 27.1 Å². The van der Waals surface area contributed by atoms with E-state index in [1.807, 2.05) is 56.3 Å². The van der Waals surface area contributed by atoms with E-state index in [1.165, 1.54) is 17.3 Å². The highest BCUT2D eigenvalue weighted by Crippen LogP contribution is 2.38. The van der Waals surface area contributed by atoms with Crippen LogP contribution in [0.3, 0.4) is 0 Å². The zero-order chi connectivity index (χ0) is 28.1. The molecule has 7 nitrogen and oxygen atoms in total. The number of nitrogens with one attached hydrogen (secondary N) is 1. The van der Waals surface area contributed by atoms with Gasteiger partial charge >= 0.3 is 5.97 Å². The fourth-order valence-electron chi connectivity index (χ4n) is 4.33. The maximum atomic E-state index is 13.2. The summed E-state index contributed by atoms with van der Waals surface area (Å²) in [5, 5.41) is 9.76. The molecule has 206 valence electrons. The number of benzene rings is 3. The van der Waals surface area contributed by atoms with E-state index >= 15 is 0 Å². The maximum Gasteiger partial charge on any atom is 0.338 e. The van der Waals surface area contributed by atoms with Crippen LogP contribution < -0.4 is 10.1 Å². The molecule has 2 heterocycles. The van der Waals surface area contributed by atoms with Crippen molar-refractivity contribution < 1.29 is 14.3 Å². The van der Waals surface area contributed by atoms with Crippen molar-refractivity contribution in [3.05, 3.63) is 111 Å². The molecule has 1 atom stereocenters. The second-order valence-corrected chi connectivity index (χ2v) is 11.0. The third kappa shape index (κ3) is 6.30. The van der Waals surface area contributed by atoms with Gasteiger partial charge in [-0.25, -0.2) is 9.48 Å². The average molecular weight is 596 g/mol. The van der Waals surface area contributed by atoms with Gasteiger partial charge in [0.2, 0.25) is 11.1 Å². The number of fused-ring (bicyclic) bond motifs is 1. The topological polar surface area (TPSA) is 78.3 Å². The molecule has 0 bridgehead atoms. The smallest absolute Gasteiger partial charge is 0.338 e. The number of aromatic nitrogens is 3. The van der Waals surface area contributed by atoms with Crippen LogP contribution in [0.15, 0.2) is 89.2 Å². The average Bonchev–Trinajstić information content (AvgIpc) is 3.37.